The number of anilines is 4. The van der Waals surface area contributed by atoms with Gasteiger partial charge in [-0.3, -0.25) is 4.79 Å². The van der Waals surface area contributed by atoms with Crippen LogP contribution in [-0.2, 0) is 17.6 Å². The minimum Gasteiger partial charge on any atom is -0.398 e. The smallest absolute Gasteiger partial charge is 0.228 e. The molecular formula is C31H44N8OS. The number of thiophene rings is 1. The van der Waals surface area contributed by atoms with E-state index in [2.05, 4.69) is 48.0 Å². The van der Waals surface area contributed by atoms with Crippen LogP contribution in [0.3, 0.4) is 0 Å². The number of aryl methyl sites for hydroxylation is 1. The molecule has 9 nitrogen and oxygen atoms in total. The standard InChI is InChI=1S/C31H44N8OS/c1-6-7-12-38(5)30(40)31(2)11-8-22-26(17-31)41-29-27(22)28(34-19-35-29)36-24-15-20(18-32)23(33)16-25(24)39-13-9-21(10-14-39)37(3)4/h15-16,18-19,21,32H,6-14,17,33H2,1-5H3,(H,34,35,36). The molecule has 0 spiro atoms. The summed E-state index contributed by atoms with van der Waals surface area (Å²) in [7, 11) is 6.23. The van der Waals surface area contributed by atoms with Crippen molar-refractivity contribution in [3.05, 3.63) is 34.5 Å². The van der Waals surface area contributed by atoms with Gasteiger partial charge in [0.05, 0.1) is 22.2 Å². The van der Waals surface area contributed by atoms with E-state index < -0.39 is 5.41 Å². The number of nitrogens with two attached hydrogens (primary N) is 1. The summed E-state index contributed by atoms with van der Waals surface area (Å²) >= 11 is 1.69. The lowest BCUT2D eigenvalue weighted by Crippen LogP contribution is -2.43. The van der Waals surface area contributed by atoms with E-state index in [1.165, 1.54) is 16.7 Å². The number of amides is 1. The van der Waals surface area contributed by atoms with Crippen LogP contribution >= 0.6 is 11.3 Å². The number of nitrogen functional groups attached to an aromatic ring is 1. The van der Waals surface area contributed by atoms with Crippen molar-refractivity contribution in [1.82, 2.24) is 19.8 Å². The molecule has 0 bridgehead atoms. The van der Waals surface area contributed by atoms with Gasteiger partial charge in [-0.15, -0.1) is 11.3 Å². The van der Waals surface area contributed by atoms with Gasteiger partial charge in [0.2, 0.25) is 5.91 Å². The van der Waals surface area contributed by atoms with Crippen LogP contribution in [0.4, 0.5) is 22.9 Å². The first kappa shape index (κ1) is 29.3. The number of piperidine rings is 1. The molecule has 1 saturated heterocycles. The molecule has 3 aromatic rings. The Hall–Kier alpha value is -3.24. The van der Waals surface area contributed by atoms with Crippen molar-refractivity contribution >= 4 is 56.6 Å². The lowest BCUT2D eigenvalue weighted by Gasteiger charge is -2.37. The van der Waals surface area contributed by atoms with Crippen LogP contribution in [-0.4, -0.2) is 78.7 Å². The number of fused-ring (bicyclic) bond motifs is 3. The van der Waals surface area contributed by atoms with Gasteiger partial charge >= 0.3 is 0 Å². The van der Waals surface area contributed by atoms with Gasteiger partial charge in [0, 0.05) is 55.1 Å². The first-order valence-electron chi connectivity index (χ1n) is 14.8. The van der Waals surface area contributed by atoms with Gasteiger partial charge in [-0.2, -0.15) is 0 Å². The van der Waals surface area contributed by atoms with E-state index in [4.69, 9.17) is 16.1 Å². The lowest BCUT2D eigenvalue weighted by atomic mass is 9.74. The summed E-state index contributed by atoms with van der Waals surface area (Å²) in [4.78, 5) is 31.6. The Bertz CT molecular complexity index is 1430. The van der Waals surface area contributed by atoms with E-state index in [0.29, 0.717) is 17.3 Å². The summed E-state index contributed by atoms with van der Waals surface area (Å²) in [6, 6.07) is 4.53. The zero-order chi connectivity index (χ0) is 29.3. The van der Waals surface area contributed by atoms with Crippen LogP contribution in [0.2, 0.25) is 0 Å². The van der Waals surface area contributed by atoms with Gasteiger partial charge in [-0.25, -0.2) is 9.97 Å². The second-order valence-electron chi connectivity index (χ2n) is 12.2. The first-order chi connectivity index (χ1) is 19.6. The van der Waals surface area contributed by atoms with Crippen molar-refractivity contribution in [2.45, 2.75) is 64.8 Å². The summed E-state index contributed by atoms with van der Waals surface area (Å²) in [5.74, 6) is 1.01. The highest BCUT2D eigenvalue weighted by Gasteiger charge is 2.40. The van der Waals surface area contributed by atoms with Crippen molar-refractivity contribution < 1.29 is 4.79 Å². The SMILES string of the molecule is CCCCN(C)C(=O)C1(C)CCc2c(sc3ncnc(Nc4cc(C=N)c(N)cc4N4CCC(N(C)C)CC4)c23)C1. The predicted molar refractivity (Wildman–Crippen MR) is 171 cm³/mol. The molecule has 1 aliphatic carbocycles. The molecule has 1 aromatic carbocycles. The molecule has 2 aromatic heterocycles. The Balaban J connectivity index is 1.47. The normalized spacial score (nSPS) is 19.4. The number of unbranched alkanes of at least 4 members (excludes halogenated alkanes) is 1. The molecule has 2 aliphatic rings. The fourth-order valence-electron chi connectivity index (χ4n) is 6.38. The van der Waals surface area contributed by atoms with Crippen LogP contribution in [0.1, 0.15) is 62.0 Å². The van der Waals surface area contributed by atoms with Gasteiger partial charge in [-0.05, 0) is 70.3 Å². The first-order valence-corrected chi connectivity index (χ1v) is 15.6. The van der Waals surface area contributed by atoms with Gasteiger partial charge in [0.15, 0.2) is 0 Å². The molecule has 1 amide bonds. The molecular weight excluding hydrogens is 532 g/mol. The third-order valence-corrected chi connectivity index (χ3v) is 10.1. The highest BCUT2D eigenvalue weighted by Crippen LogP contribution is 2.46. The van der Waals surface area contributed by atoms with E-state index in [1.807, 2.05) is 24.1 Å². The summed E-state index contributed by atoms with van der Waals surface area (Å²) < 4.78 is 0. The molecule has 1 fully saturated rings. The van der Waals surface area contributed by atoms with Crippen LogP contribution in [0.15, 0.2) is 18.5 Å². The lowest BCUT2D eigenvalue weighted by molar-refractivity contribution is -0.140. The monoisotopic (exact) mass is 576 g/mol. The number of aromatic nitrogens is 2. The van der Waals surface area contributed by atoms with E-state index in [0.717, 1.165) is 92.0 Å². The Morgan fingerprint density at radius 2 is 2.02 bits per heavy atom. The second kappa shape index (κ2) is 11.9. The molecule has 0 radical (unpaired) electrons. The summed E-state index contributed by atoms with van der Waals surface area (Å²) in [5.41, 5.74) is 10.4. The molecule has 4 N–H and O–H groups in total. The van der Waals surface area contributed by atoms with E-state index in [1.54, 1.807) is 17.7 Å². The van der Waals surface area contributed by atoms with Gasteiger partial charge in [0.25, 0.3) is 0 Å². The average molecular weight is 577 g/mol. The zero-order valence-corrected chi connectivity index (χ0v) is 25.9. The minimum atomic E-state index is -0.404. The van der Waals surface area contributed by atoms with Crippen LogP contribution in [0, 0.1) is 10.8 Å². The maximum atomic E-state index is 13.4. The minimum absolute atomic E-state index is 0.238. The zero-order valence-electron chi connectivity index (χ0n) is 25.1. The van der Waals surface area contributed by atoms with Crippen molar-refractivity contribution in [3.8, 4) is 0 Å². The van der Waals surface area contributed by atoms with Crippen LogP contribution in [0.5, 0.6) is 0 Å². The highest BCUT2D eigenvalue weighted by molar-refractivity contribution is 7.19. The largest absolute Gasteiger partial charge is 0.398 e. The third-order valence-electron chi connectivity index (χ3n) is 9.00. The fraction of sp³-hybridized carbons (Fsp3) is 0.548. The number of carbonyl (C=O) groups excluding carboxylic acids is 1. The van der Waals surface area contributed by atoms with E-state index >= 15 is 0 Å². The summed E-state index contributed by atoms with van der Waals surface area (Å²) in [6.07, 6.45) is 9.54. The molecule has 10 heteroatoms. The number of benzene rings is 1. The van der Waals surface area contributed by atoms with Crippen molar-refractivity contribution in [2.24, 2.45) is 5.41 Å². The number of hydrogen-bond donors (Lipinski definition) is 3. The fourth-order valence-corrected chi connectivity index (χ4v) is 7.75. The molecule has 1 aliphatic heterocycles. The predicted octanol–water partition coefficient (Wildman–Crippen LogP) is 5.30. The van der Waals surface area contributed by atoms with E-state index in [9.17, 15) is 4.79 Å². The van der Waals surface area contributed by atoms with Gasteiger partial charge in [0.1, 0.15) is 17.0 Å². The van der Waals surface area contributed by atoms with Gasteiger partial charge in [-0.1, -0.05) is 20.3 Å². The Morgan fingerprint density at radius 1 is 1.27 bits per heavy atom. The van der Waals surface area contributed by atoms with Crippen LogP contribution < -0.4 is 16.0 Å². The number of rotatable bonds is 9. The van der Waals surface area contributed by atoms with Gasteiger partial charge < -0.3 is 31.2 Å². The molecule has 1 unspecified atom stereocenters. The Labute approximate surface area is 247 Å². The molecule has 3 heterocycles. The summed E-state index contributed by atoms with van der Waals surface area (Å²) in [5, 5.41) is 12.6. The van der Waals surface area contributed by atoms with Crippen molar-refractivity contribution in [1.29, 1.82) is 5.41 Å². The third kappa shape index (κ3) is 5.77. The second-order valence-corrected chi connectivity index (χ2v) is 13.3. The molecule has 1 atom stereocenters. The summed E-state index contributed by atoms with van der Waals surface area (Å²) in [6.45, 7) is 6.96. The van der Waals surface area contributed by atoms with Crippen molar-refractivity contribution in [2.75, 3.05) is 56.7 Å². The van der Waals surface area contributed by atoms with Crippen LogP contribution in [0.25, 0.3) is 10.2 Å². The molecule has 220 valence electrons. The Morgan fingerprint density at radius 3 is 2.71 bits per heavy atom. The molecule has 41 heavy (non-hydrogen) atoms. The number of hydrogen-bond acceptors (Lipinski definition) is 9. The Kier molecular flexibility index (Phi) is 8.52. The quantitative estimate of drug-likeness (QED) is 0.234. The van der Waals surface area contributed by atoms with E-state index in [-0.39, 0.29) is 5.91 Å². The average Bonchev–Trinajstić information content (AvgIpc) is 3.34. The maximum Gasteiger partial charge on any atom is 0.228 e. The molecule has 0 saturated carbocycles. The van der Waals surface area contributed by atoms with Crippen molar-refractivity contribution in [3.63, 3.8) is 0 Å². The number of carbonyl (C=O) groups is 1. The number of nitrogens with zero attached hydrogens (tertiary/aromatic N) is 5. The topological polar surface area (TPSA) is 114 Å². The maximum absolute atomic E-state index is 13.4. The molecule has 5 rings (SSSR count). The number of nitrogens with one attached hydrogen (secondary N) is 2. The highest BCUT2D eigenvalue weighted by atomic mass is 32.1.